The molecule has 0 aromatic carbocycles. The van der Waals surface area contributed by atoms with Gasteiger partial charge in [-0.15, -0.1) is 11.6 Å². The summed E-state index contributed by atoms with van der Waals surface area (Å²) in [6, 6.07) is 0. The molecule has 12 atom stereocenters. The smallest absolute Gasteiger partial charge is 0.312 e. The van der Waals surface area contributed by atoms with E-state index in [2.05, 4.69) is 29.2 Å². The first-order valence-corrected chi connectivity index (χ1v) is 14.4. The molecule has 10 nitrogen and oxygen atoms in total. The third-order valence-corrected chi connectivity index (χ3v) is 11.0. The maximum absolute atomic E-state index is 13.1. The number of hydrogen-bond acceptors (Lipinski definition) is 10. The maximum atomic E-state index is 13.1. The van der Waals surface area contributed by atoms with Crippen LogP contribution in [-0.2, 0) is 47.6 Å². The topological polar surface area (TPSA) is 127 Å². The predicted molar refractivity (Wildman–Crippen MR) is 139 cm³/mol. The Balaban J connectivity index is 1.82. The second-order valence-electron chi connectivity index (χ2n) is 11.3. The van der Waals surface area contributed by atoms with Gasteiger partial charge < -0.3 is 28.4 Å². The number of alkyl halides is 2. The van der Waals surface area contributed by atoms with Crippen molar-refractivity contribution < 1.29 is 47.6 Å². The molecule has 2 spiro atoms. The van der Waals surface area contributed by atoms with E-state index in [-0.39, 0.29) is 0 Å². The first-order valence-electron chi connectivity index (χ1n) is 12.7. The van der Waals surface area contributed by atoms with Crippen LogP contribution in [0.25, 0.3) is 0 Å². The van der Waals surface area contributed by atoms with Gasteiger partial charge in [0.15, 0.2) is 11.7 Å². The van der Waals surface area contributed by atoms with Crippen LogP contribution in [0.15, 0.2) is 12.2 Å². The van der Waals surface area contributed by atoms with Gasteiger partial charge in [-0.1, -0.05) is 36.1 Å². The fourth-order valence-electron chi connectivity index (χ4n) is 7.45. The summed E-state index contributed by atoms with van der Waals surface area (Å²) in [6.07, 6.45) is -3.59. The molecule has 0 amide bonds. The summed E-state index contributed by atoms with van der Waals surface area (Å²) in [7, 11) is 0. The third kappa shape index (κ3) is 3.85. The minimum Gasteiger partial charge on any atom is -0.462 e. The molecular weight excluding hydrogens is 635 g/mol. The van der Waals surface area contributed by atoms with E-state index in [9.17, 15) is 19.2 Å². The Morgan fingerprint density at radius 3 is 2.21 bits per heavy atom. The molecule has 0 N–H and O–H groups in total. The number of hydrogen-bond donors (Lipinski definition) is 0. The van der Waals surface area contributed by atoms with Gasteiger partial charge >= 0.3 is 23.9 Å². The summed E-state index contributed by atoms with van der Waals surface area (Å²) < 4.78 is 36.2. The molecule has 0 radical (unpaired) electrons. The second-order valence-corrected chi connectivity index (χ2v) is 13.2. The number of carbonyl (C=O) groups is 4. The highest BCUT2D eigenvalue weighted by atomic mass is 127. The molecule has 1 saturated carbocycles. The van der Waals surface area contributed by atoms with Crippen molar-refractivity contribution in [2.24, 2.45) is 17.3 Å². The number of rotatable bonds is 3. The lowest BCUT2D eigenvalue weighted by atomic mass is 9.51. The Morgan fingerprint density at radius 2 is 1.66 bits per heavy atom. The molecule has 4 heterocycles. The van der Waals surface area contributed by atoms with E-state index in [1.807, 2.05) is 6.92 Å². The zero-order valence-electron chi connectivity index (χ0n) is 21.9. The van der Waals surface area contributed by atoms with Gasteiger partial charge in [-0.2, -0.15) is 0 Å². The number of fused-ring (bicyclic) bond motifs is 3. The maximum Gasteiger partial charge on any atom is 0.312 e. The number of esters is 4. The minimum atomic E-state index is -1.49. The molecule has 5 rings (SSSR count). The fraction of sp³-hybridized carbons (Fsp3) is 0.769. The van der Waals surface area contributed by atoms with Crippen LogP contribution in [0.2, 0.25) is 0 Å². The second kappa shape index (κ2) is 9.31. The molecular formula is C26H32ClIO10. The normalized spacial score (nSPS) is 49.1. The Kier molecular flexibility index (Phi) is 6.88. The van der Waals surface area contributed by atoms with Crippen molar-refractivity contribution in [2.45, 2.75) is 98.5 Å². The van der Waals surface area contributed by atoms with E-state index >= 15 is 0 Å². The summed E-state index contributed by atoms with van der Waals surface area (Å²) in [5.74, 6) is -3.75. The van der Waals surface area contributed by atoms with Crippen molar-refractivity contribution in [2.75, 3.05) is 6.61 Å². The number of epoxide rings is 1. The predicted octanol–water partition coefficient (Wildman–Crippen LogP) is 2.65. The molecule has 0 aromatic heterocycles. The van der Waals surface area contributed by atoms with E-state index in [0.717, 1.165) is 0 Å². The van der Waals surface area contributed by atoms with Crippen molar-refractivity contribution in [3.05, 3.63) is 12.2 Å². The van der Waals surface area contributed by atoms with Crippen molar-refractivity contribution in [1.82, 2.24) is 0 Å². The van der Waals surface area contributed by atoms with Gasteiger partial charge in [0, 0.05) is 26.7 Å². The zero-order chi connectivity index (χ0) is 27.9. The molecule has 2 bridgehead atoms. The van der Waals surface area contributed by atoms with Crippen LogP contribution in [0.3, 0.4) is 0 Å². The van der Waals surface area contributed by atoms with Crippen molar-refractivity contribution in [3.8, 4) is 0 Å². The Hall–Kier alpha value is -1.44. The van der Waals surface area contributed by atoms with E-state index in [1.54, 1.807) is 6.92 Å². The average Bonchev–Trinajstić information content (AvgIpc) is 3.54. The molecule has 210 valence electrons. The number of ether oxygens (including phenoxy) is 6. The summed E-state index contributed by atoms with van der Waals surface area (Å²) in [4.78, 5) is 50.7. The van der Waals surface area contributed by atoms with Crippen molar-refractivity contribution in [3.63, 3.8) is 0 Å². The lowest BCUT2D eigenvalue weighted by Gasteiger charge is -2.62. The SMILES string of the molecule is C=C1[C@H]2O[C@]3([C@@H](C)C(=O)O[C@H]3[C@H]1Cl)[C@@H](OC(C)=O)[C@H]1[C@]3(CC[C@H](OC(C)=O)[C@]1(C)[C@@H](OC(C)=O)C2I)CO3. The van der Waals surface area contributed by atoms with E-state index in [4.69, 9.17) is 40.0 Å². The van der Waals surface area contributed by atoms with Crippen LogP contribution in [0.4, 0.5) is 0 Å². The highest BCUT2D eigenvalue weighted by molar-refractivity contribution is 14.1. The van der Waals surface area contributed by atoms with Crippen LogP contribution < -0.4 is 0 Å². The van der Waals surface area contributed by atoms with Gasteiger partial charge in [-0.05, 0) is 25.3 Å². The van der Waals surface area contributed by atoms with Crippen molar-refractivity contribution in [1.29, 1.82) is 0 Å². The van der Waals surface area contributed by atoms with E-state index in [0.29, 0.717) is 25.0 Å². The molecule has 1 unspecified atom stereocenters. The van der Waals surface area contributed by atoms with Crippen LogP contribution in [0.5, 0.6) is 0 Å². The third-order valence-electron chi connectivity index (χ3n) is 9.14. The largest absolute Gasteiger partial charge is 0.462 e. The van der Waals surface area contributed by atoms with Gasteiger partial charge in [-0.3, -0.25) is 19.2 Å². The zero-order valence-corrected chi connectivity index (χ0v) is 24.8. The number of carbonyl (C=O) groups excluding carboxylic acids is 4. The molecule has 0 aromatic rings. The molecule has 4 saturated heterocycles. The van der Waals surface area contributed by atoms with Crippen LogP contribution in [-0.4, -0.2) is 81.5 Å². The van der Waals surface area contributed by atoms with Crippen LogP contribution in [0.1, 0.15) is 47.5 Å². The van der Waals surface area contributed by atoms with Gasteiger partial charge in [0.1, 0.15) is 18.3 Å². The number of halogens is 2. The fourth-order valence-corrected chi connectivity index (χ4v) is 9.35. The molecule has 5 fully saturated rings. The van der Waals surface area contributed by atoms with Gasteiger partial charge in [0.2, 0.25) is 0 Å². The average molecular weight is 667 g/mol. The first kappa shape index (κ1) is 28.1. The van der Waals surface area contributed by atoms with E-state index in [1.165, 1.54) is 20.8 Å². The Labute approximate surface area is 239 Å². The monoisotopic (exact) mass is 666 g/mol. The standard InChI is InChI=1S/C26H32ClIO10/c1-10-16(27)20-26(11(2)23(32)37-20)22(36-14(5)31)19-24(6,21(35-13(4)30)17(28)18(10)38-26)15(34-12(3)29)7-8-25(19)9-33-25/h11,15-22H,1,7-9H2,2-6H3/t11-,15-,16-,17?,18+,19+,20-,21-,22-,24-,25-,26-/m0/s1. The van der Waals surface area contributed by atoms with E-state index < -0.39 is 92.2 Å². The molecule has 38 heavy (non-hydrogen) atoms. The summed E-state index contributed by atoms with van der Waals surface area (Å²) in [5.41, 5.74) is -2.96. The van der Waals surface area contributed by atoms with Crippen molar-refractivity contribution >= 4 is 58.1 Å². The highest BCUT2D eigenvalue weighted by Gasteiger charge is 2.79. The van der Waals surface area contributed by atoms with Crippen LogP contribution >= 0.6 is 34.2 Å². The highest BCUT2D eigenvalue weighted by Crippen LogP contribution is 2.65. The van der Waals surface area contributed by atoms with Gasteiger partial charge in [0.05, 0.1) is 38.9 Å². The first-order chi connectivity index (χ1) is 17.7. The summed E-state index contributed by atoms with van der Waals surface area (Å²) >= 11 is 9.09. The summed E-state index contributed by atoms with van der Waals surface area (Å²) in [6.45, 7) is 12.0. The molecule has 5 aliphatic rings. The quantitative estimate of drug-likeness (QED) is 0.111. The molecule has 1 aliphatic carbocycles. The summed E-state index contributed by atoms with van der Waals surface area (Å²) in [5, 5.41) is -0.857. The van der Waals surface area contributed by atoms with Gasteiger partial charge in [0.25, 0.3) is 0 Å². The molecule has 4 aliphatic heterocycles. The Bertz CT molecular complexity index is 1090. The van der Waals surface area contributed by atoms with Gasteiger partial charge in [-0.25, -0.2) is 0 Å². The molecule has 12 heteroatoms. The van der Waals surface area contributed by atoms with Crippen LogP contribution in [0, 0.1) is 17.3 Å². The lowest BCUT2D eigenvalue weighted by Crippen LogP contribution is -2.76. The minimum absolute atomic E-state index is 0.348. The lowest BCUT2D eigenvalue weighted by molar-refractivity contribution is -0.284. The Morgan fingerprint density at radius 1 is 1.08 bits per heavy atom.